The number of amides is 4. The van der Waals surface area contributed by atoms with Gasteiger partial charge in [0.25, 0.3) is 0 Å². The van der Waals surface area contributed by atoms with Crippen LogP contribution in [0.1, 0.15) is 37.4 Å². The molecule has 3 N–H and O–H groups in total. The molecular weight excluding hydrogens is 368 g/mol. The van der Waals surface area contributed by atoms with Crippen LogP contribution in [0.25, 0.3) is 0 Å². The highest BCUT2D eigenvalue weighted by atomic mass is 16.2. The van der Waals surface area contributed by atoms with Gasteiger partial charge in [-0.15, -0.1) is 0 Å². The van der Waals surface area contributed by atoms with Gasteiger partial charge in [-0.05, 0) is 42.7 Å². The Labute approximate surface area is 170 Å². The van der Waals surface area contributed by atoms with Gasteiger partial charge >= 0.3 is 6.03 Å². The third kappa shape index (κ3) is 5.13. The van der Waals surface area contributed by atoms with Crippen LogP contribution in [-0.2, 0) is 16.0 Å². The molecule has 1 aliphatic rings. The Balaban J connectivity index is 1.71. The van der Waals surface area contributed by atoms with Crippen LogP contribution >= 0.6 is 0 Å². The lowest BCUT2D eigenvalue weighted by atomic mass is 9.90. The molecule has 152 valence electrons. The van der Waals surface area contributed by atoms with Gasteiger partial charge in [0.2, 0.25) is 11.8 Å². The van der Waals surface area contributed by atoms with Crippen molar-refractivity contribution in [3.63, 3.8) is 0 Å². The first-order valence-electron chi connectivity index (χ1n) is 9.77. The van der Waals surface area contributed by atoms with E-state index in [1.807, 2.05) is 31.2 Å². The number of benzene rings is 2. The summed E-state index contributed by atoms with van der Waals surface area (Å²) in [5, 5.41) is 8.25. The molecule has 7 heteroatoms. The van der Waals surface area contributed by atoms with Crippen molar-refractivity contribution in [1.82, 2.24) is 10.2 Å². The molecule has 1 heterocycles. The van der Waals surface area contributed by atoms with Crippen LogP contribution in [0.2, 0.25) is 0 Å². The van der Waals surface area contributed by atoms with E-state index in [9.17, 15) is 14.4 Å². The van der Waals surface area contributed by atoms with Gasteiger partial charge in [-0.25, -0.2) is 4.79 Å². The molecule has 0 bridgehead atoms. The molecule has 2 aromatic carbocycles. The van der Waals surface area contributed by atoms with Crippen molar-refractivity contribution in [1.29, 1.82) is 0 Å². The summed E-state index contributed by atoms with van der Waals surface area (Å²) in [6, 6.07) is 14.3. The predicted molar refractivity (Wildman–Crippen MR) is 113 cm³/mol. The first-order valence-corrected chi connectivity index (χ1v) is 9.77. The zero-order valence-electron chi connectivity index (χ0n) is 16.7. The highest BCUT2D eigenvalue weighted by Gasteiger charge is 2.30. The Kier molecular flexibility index (Phi) is 6.49. The maximum absolute atomic E-state index is 12.7. The summed E-state index contributed by atoms with van der Waals surface area (Å²) in [6.07, 6.45) is 0.964. The second-order valence-corrected chi connectivity index (χ2v) is 6.99. The van der Waals surface area contributed by atoms with Crippen molar-refractivity contribution in [3.8, 4) is 0 Å². The summed E-state index contributed by atoms with van der Waals surface area (Å²) < 4.78 is 0. The van der Waals surface area contributed by atoms with Gasteiger partial charge < -0.3 is 20.9 Å². The van der Waals surface area contributed by atoms with E-state index in [2.05, 4.69) is 16.0 Å². The lowest BCUT2D eigenvalue weighted by Crippen LogP contribution is -2.40. The number of urea groups is 1. The summed E-state index contributed by atoms with van der Waals surface area (Å²) in [4.78, 5) is 38.3. The molecule has 2 aromatic rings. The van der Waals surface area contributed by atoms with Crippen LogP contribution < -0.4 is 16.0 Å². The van der Waals surface area contributed by atoms with Gasteiger partial charge in [-0.2, -0.15) is 0 Å². The number of nitrogens with one attached hydrogen (secondary N) is 3. The van der Waals surface area contributed by atoms with Gasteiger partial charge in [0, 0.05) is 31.4 Å². The first-order chi connectivity index (χ1) is 14.0. The summed E-state index contributed by atoms with van der Waals surface area (Å²) >= 11 is 0. The zero-order valence-corrected chi connectivity index (χ0v) is 16.7. The van der Waals surface area contributed by atoms with E-state index in [4.69, 9.17) is 0 Å². The van der Waals surface area contributed by atoms with E-state index in [1.54, 1.807) is 29.2 Å². The quantitative estimate of drug-likeness (QED) is 0.727. The number of carbonyl (C=O) groups excluding carboxylic acids is 3. The maximum Gasteiger partial charge on any atom is 0.319 e. The molecule has 0 radical (unpaired) electrons. The lowest BCUT2D eigenvalue weighted by Gasteiger charge is -2.36. The fourth-order valence-electron chi connectivity index (χ4n) is 3.65. The minimum Gasteiger partial charge on any atom is -0.338 e. The van der Waals surface area contributed by atoms with Gasteiger partial charge in [0.15, 0.2) is 0 Å². The fraction of sp³-hybridized carbons (Fsp3) is 0.318. The van der Waals surface area contributed by atoms with E-state index in [1.165, 1.54) is 12.5 Å². The van der Waals surface area contributed by atoms with Crippen molar-refractivity contribution < 1.29 is 14.4 Å². The Morgan fingerprint density at radius 3 is 2.48 bits per heavy atom. The van der Waals surface area contributed by atoms with E-state index < -0.39 is 0 Å². The van der Waals surface area contributed by atoms with Crippen LogP contribution in [0.15, 0.2) is 48.5 Å². The van der Waals surface area contributed by atoms with E-state index >= 15 is 0 Å². The van der Waals surface area contributed by atoms with Gasteiger partial charge in [0.05, 0.1) is 12.5 Å². The number of fused-ring (bicyclic) bond motifs is 1. The second kappa shape index (κ2) is 9.23. The molecule has 0 aliphatic carbocycles. The average molecular weight is 394 g/mol. The van der Waals surface area contributed by atoms with Crippen molar-refractivity contribution >= 4 is 29.2 Å². The van der Waals surface area contributed by atoms with Crippen LogP contribution in [0.5, 0.6) is 0 Å². The van der Waals surface area contributed by atoms with E-state index in [0.29, 0.717) is 24.5 Å². The van der Waals surface area contributed by atoms with Gasteiger partial charge in [-0.3, -0.25) is 9.59 Å². The molecule has 0 spiro atoms. The number of anilines is 2. The molecule has 29 heavy (non-hydrogen) atoms. The third-order valence-electron chi connectivity index (χ3n) is 4.94. The van der Waals surface area contributed by atoms with Crippen molar-refractivity contribution in [2.45, 2.75) is 32.7 Å². The molecule has 1 unspecified atom stereocenters. The summed E-state index contributed by atoms with van der Waals surface area (Å²) in [5.74, 6) is -0.224. The van der Waals surface area contributed by atoms with Crippen molar-refractivity contribution in [2.75, 3.05) is 23.7 Å². The molecule has 1 atom stereocenters. The standard InChI is InChI=1S/C22H26N4O3/c1-3-23-22(29)25-18-9-6-8-17(13-18)24-21(28)14-20-19-10-5-4-7-16(19)11-12-26(20)15(2)27/h4-10,13,20H,3,11-12,14H2,1-2H3,(H,24,28)(H2,23,25,29). The predicted octanol–water partition coefficient (Wildman–Crippen LogP) is 3.30. The topological polar surface area (TPSA) is 90.5 Å². The van der Waals surface area contributed by atoms with Crippen LogP contribution in [0, 0.1) is 0 Å². The molecule has 7 nitrogen and oxygen atoms in total. The Morgan fingerprint density at radius 1 is 1.03 bits per heavy atom. The number of nitrogens with zero attached hydrogens (tertiary/aromatic N) is 1. The Hall–Kier alpha value is -3.35. The largest absolute Gasteiger partial charge is 0.338 e. The highest BCUT2D eigenvalue weighted by molar-refractivity contribution is 5.94. The summed E-state index contributed by atoms with van der Waals surface area (Å²) in [7, 11) is 0. The Bertz CT molecular complexity index is 912. The van der Waals surface area contributed by atoms with Crippen molar-refractivity contribution in [3.05, 3.63) is 59.7 Å². The van der Waals surface area contributed by atoms with Crippen molar-refractivity contribution in [2.24, 2.45) is 0 Å². The molecule has 4 amide bonds. The van der Waals surface area contributed by atoms with Crippen LogP contribution in [-0.4, -0.2) is 35.8 Å². The van der Waals surface area contributed by atoms with E-state index in [-0.39, 0.29) is 30.3 Å². The Morgan fingerprint density at radius 2 is 1.76 bits per heavy atom. The number of hydrogen-bond acceptors (Lipinski definition) is 3. The molecule has 0 saturated carbocycles. The molecule has 3 rings (SSSR count). The van der Waals surface area contributed by atoms with Gasteiger partial charge in [-0.1, -0.05) is 30.3 Å². The average Bonchev–Trinajstić information content (AvgIpc) is 2.68. The molecule has 0 aromatic heterocycles. The van der Waals surface area contributed by atoms with E-state index in [0.717, 1.165) is 12.0 Å². The molecule has 0 fully saturated rings. The fourth-order valence-corrected chi connectivity index (χ4v) is 3.65. The SMILES string of the molecule is CCNC(=O)Nc1cccc(NC(=O)CC2c3ccccc3CCN2C(C)=O)c1. The third-order valence-corrected chi connectivity index (χ3v) is 4.94. The zero-order chi connectivity index (χ0) is 20.8. The second-order valence-electron chi connectivity index (χ2n) is 6.99. The number of rotatable bonds is 5. The summed E-state index contributed by atoms with van der Waals surface area (Å²) in [6.45, 7) is 4.51. The minimum atomic E-state index is -0.299. The van der Waals surface area contributed by atoms with Crippen LogP contribution in [0.3, 0.4) is 0 Å². The van der Waals surface area contributed by atoms with Crippen LogP contribution in [0.4, 0.5) is 16.2 Å². The number of hydrogen-bond donors (Lipinski definition) is 3. The maximum atomic E-state index is 12.7. The molecular formula is C22H26N4O3. The monoisotopic (exact) mass is 394 g/mol. The normalized spacial score (nSPS) is 15.2. The molecule has 1 aliphatic heterocycles. The first kappa shape index (κ1) is 20.4. The number of carbonyl (C=O) groups is 3. The van der Waals surface area contributed by atoms with Gasteiger partial charge in [0.1, 0.15) is 0 Å². The summed E-state index contributed by atoms with van der Waals surface area (Å²) in [5.41, 5.74) is 3.37. The lowest BCUT2D eigenvalue weighted by molar-refractivity contribution is -0.132. The highest BCUT2D eigenvalue weighted by Crippen LogP contribution is 2.32. The minimum absolute atomic E-state index is 0.0366. The smallest absolute Gasteiger partial charge is 0.319 e. The molecule has 0 saturated heterocycles.